The van der Waals surface area contributed by atoms with Crippen LogP contribution in [0.25, 0.3) is 136 Å². The quantitative estimate of drug-likeness (QED) is 0.0167. The summed E-state index contributed by atoms with van der Waals surface area (Å²) in [6, 6.07) is 16.6. The Bertz CT molecular complexity index is 7810. The predicted octanol–water partition coefficient (Wildman–Crippen LogP) is 19.1. The monoisotopic (exact) mass is 2010 g/mol. The van der Waals surface area contributed by atoms with E-state index in [0.717, 1.165) is 208 Å². The summed E-state index contributed by atoms with van der Waals surface area (Å²) in [7, 11) is 0. The molecule has 4 saturated heterocycles. The molecule has 0 radical (unpaired) electrons. The second-order valence-corrected chi connectivity index (χ2v) is 38.6. The minimum absolute atomic E-state index is 0.00378. The average Bonchev–Trinajstić information content (AvgIpc) is 1.55. The zero-order chi connectivity index (χ0) is 105. The van der Waals surface area contributed by atoms with Gasteiger partial charge in [-0.15, -0.1) is 0 Å². The number of halogens is 2. The van der Waals surface area contributed by atoms with Gasteiger partial charge < -0.3 is 54.4 Å². The molecule has 4 fully saturated rings. The predicted molar refractivity (Wildman–Crippen MR) is 574 cm³/mol. The highest BCUT2D eigenvalue weighted by Crippen LogP contribution is 2.37. The van der Waals surface area contributed by atoms with Gasteiger partial charge in [0, 0.05) is 293 Å². The Labute approximate surface area is 856 Å². The van der Waals surface area contributed by atoms with Gasteiger partial charge >= 0.3 is 0 Å². The van der Waals surface area contributed by atoms with Crippen LogP contribution in [0.1, 0.15) is 156 Å². The number of aromatic nitrogens is 18. The number of piperazine rings is 1. The molecule has 16 aromatic rings. The van der Waals surface area contributed by atoms with Crippen LogP contribution in [0, 0.1) is 34.8 Å². The third-order valence-corrected chi connectivity index (χ3v) is 25.7. The maximum atomic E-state index is 13.9. The summed E-state index contributed by atoms with van der Waals surface area (Å²) < 4.78 is 26.9. The van der Waals surface area contributed by atoms with Gasteiger partial charge in [0.1, 0.15) is 63.3 Å². The number of allylic oxidation sites excluding steroid dienone is 6. The summed E-state index contributed by atoms with van der Waals surface area (Å²) >= 11 is 1.50. The molecule has 148 heavy (non-hydrogen) atoms. The standard InChI is InChI=1S/C21H19F2N5O2.C21H20N4O2.C20H25N3O2.C19H23N3O2.C16H14N4OS.C15H12N4O/c1-13(29)2-3-14-10-25-20-17(14)9-16(12-26-20)27-4-6-28(7-5-27)21(30)19-18(23)8-15(22)11-24-19;1-14(26)4-5-16-12-23-20-18(16)10-17(13-24-20)15-6-7-19(22-11-15)21(27)25-8-2-3-9-25;1-13(24)5-6-15-9-21-19-17(15)8-16(10-22-19)23-11-14(12-23)7-18(25)20(2,3)4;1-12(2)18(24)6-14-10-22(11-14)16-7-17-15(5-4-13(3)23)8-20-19(17)21-9-16;1-10(21)3-4-11-6-17-15-14(11)5-12(7-18-15)13-8-19-16(22-2)20-9-13;1-10(20)2-3-11-7-18-15-14(11)4-12(8-19-15)13-5-16-9-17-6-13/h2-3,8-12H,4-7H2,1H3,(H,25,26);4-7,10-13H,2-3,8-9H2,1H3,(H,23,24);5-6,8-10,14H,7,11-12H2,1-4H3,(H,21,22);4-5,7-9,12,14H,6,10-11H2,1-3H3,(H,20,21);3-9H,1-2H3,(H,17,18);2-9H,1H3,(H,18,19)/b3-2+;5-4+;6-5+;5-4+;4-3+;3-2+. The van der Waals surface area contributed by atoms with Gasteiger partial charge in [0.2, 0.25) is 0 Å². The number of Topliss-reactive ketones (excluding diaryl/α,β-unsaturated/α-hetero) is 2. The Kier molecular flexibility index (Phi) is 34.2. The second kappa shape index (κ2) is 48.1. The van der Waals surface area contributed by atoms with Crippen molar-refractivity contribution in [2.24, 2.45) is 23.2 Å². The Morgan fingerprint density at radius 1 is 0.378 bits per heavy atom. The molecule has 36 heteroatoms. The van der Waals surface area contributed by atoms with E-state index in [-0.39, 0.29) is 57.6 Å². The molecule has 16 aromatic heterocycles. The van der Waals surface area contributed by atoms with Crippen molar-refractivity contribution < 1.29 is 56.7 Å². The normalized spacial score (nSPS) is 14.0. The van der Waals surface area contributed by atoms with Gasteiger partial charge in [-0.2, -0.15) is 0 Å². The number of hydrogen-bond acceptors (Lipinski definition) is 26. The van der Waals surface area contributed by atoms with Crippen molar-refractivity contribution in [2.45, 2.75) is 107 Å². The summed E-state index contributed by atoms with van der Waals surface area (Å²) in [5.41, 5.74) is 18.6. The average molecular weight is 2010 g/mol. The Hall–Kier alpha value is -17.1. The second-order valence-electron chi connectivity index (χ2n) is 37.8. The van der Waals surface area contributed by atoms with E-state index in [1.54, 1.807) is 117 Å². The zero-order valence-corrected chi connectivity index (χ0v) is 84.9. The lowest BCUT2D eigenvalue weighted by atomic mass is 9.82. The molecule has 756 valence electrons. The van der Waals surface area contributed by atoms with Crippen LogP contribution >= 0.6 is 11.8 Å². The number of nitrogens with one attached hydrogen (secondary N) is 6. The van der Waals surface area contributed by atoms with Crippen LogP contribution in [0.3, 0.4) is 0 Å². The van der Waals surface area contributed by atoms with Gasteiger partial charge in [-0.05, 0) is 176 Å². The van der Waals surface area contributed by atoms with Gasteiger partial charge in [0.15, 0.2) is 51.4 Å². The fraction of sp³-hybridized carbons (Fsp3) is 0.268. The maximum Gasteiger partial charge on any atom is 0.275 e. The molecular formula is C112H113F2N23O10S. The number of pyridine rings is 8. The van der Waals surface area contributed by atoms with Crippen molar-refractivity contribution in [2.75, 3.05) is 86.4 Å². The van der Waals surface area contributed by atoms with E-state index in [2.05, 4.69) is 117 Å². The molecule has 2 amide bonds. The highest BCUT2D eigenvalue weighted by Gasteiger charge is 2.35. The van der Waals surface area contributed by atoms with Crippen LogP contribution in [-0.2, 0) is 38.4 Å². The van der Waals surface area contributed by atoms with Crippen LogP contribution in [0.5, 0.6) is 0 Å². The number of rotatable bonds is 26. The Morgan fingerprint density at radius 3 is 1.07 bits per heavy atom. The first-order chi connectivity index (χ1) is 71.1. The van der Waals surface area contributed by atoms with Gasteiger partial charge in [0.25, 0.3) is 11.8 Å². The molecule has 20 rings (SSSR count). The summed E-state index contributed by atoms with van der Waals surface area (Å²) in [4.78, 5) is 195. The molecule has 0 bridgehead atoms. The van der Waals surface area contributed by atoms with Gasteiger partial charge in [0.05, 0.1) is 41.8 Å². The van der Waals surface area contributed by atoms with Crippen molar-refractivity contribution in [1.29, 1.82) is 0 Å². The lowest BCUT2D eigenvalue weighted by Gasteiger charge is -2.41. The summed E-state index contributed by atoms with van der Waals surface area (Å²) in [6.07, 6.45) is 58.3. The van der Waals surface area contributed by atoms with E-state index >= 15 is 0 Å². The van der Waals surface area contributed by atoms with Crippen LogP contribution in [0.2, 0.25) is 0 Å². The van der Waals surface area contributed by atoms with E-state index in [1.807, 2.05) is 132 Å². The Morgan fingerprint density at radius 2 is 0.716 bits per heavy atom. The van der Waals surface area contributed by atoms with E-state index in [4.69, 9.17) is 0 Å². The van der Waals surface area contributed by atoms with Crippen LogP contribution in [0.15, 0.2) is 214 Å². The van der Waals surface area contributed by atoms with Crippen LogP contribution in [0.4, 0.5) is 25.8 Å². The molecule has 0 aliphatic carbocycles. The summed E-state index contributed by atoms with van der Waals surface area (Å²) in [6.45, 7) is 26.0. The smallest absolute Gasteiger partial charge is 0.275 e. The van der Waals surface area contributed by atoms with E-state index in [0.29, 0.717) is 79.8 Å². The van der Waals surface area contributed by atoms with E-state index in [1.165, 1.54) is 76.7 Å². The van der Waals surface area contributed by atoms with Crippen molar-refractivity contribution in [3.63, 3.8) is 0 Å². The highest BCUT2D eigenvalue weighted by molar-refractivity contribution is 7.98. The third kappa shape index (κ3) is 27.1. The number of carbonyl (C=O) groups excluding carboxylic acids is 10. The van der Waals surface area contributed by atoms with Gasteiger partial charge in [-0.1, -0.05) is 52.4 Å². The minimum Gasteiger partial charge on any atom is -0.370 e. The number of anilines is 3. The molecule has 0 spiro atoms. The number of carbonyl (C=O) groups is 10. The number of likely N-dealkylation sites (tertiary alicyclic amines) is 1. The molecule has 0 aromatic carbocycles. The number of H-pyrrole nitrogens is 6. The molecule has 4 aliphatic heterocycles. The highest BCUT2D eigenvalue weighted by atomic mass is 32.2. The number of thioether (sulfide) groups is 1. The SMILES string of the molecule is CC(=O)/C=C/c1c[nH]c2ncc(-c3ccc(C(=O)N4CCCC4)nc3)cc12.CC(=O)/C=C/c1c[nH]c2ncc(-c3cncnc3)cc12.CC(=O)/C=C/c1c[nH]c2ncc(N3CC(CC(=O)C(C)(C)C)C3)cc12.CC(=O)/C=C/c1c[nH]c2ncc(N3CC(CC(=O)C(C)C)C3)cc12.CC(=O)/C=C/c1c[nH]c2ncc(N3CCN(C(=O)c4ncc(F)cc4F)CC3)cc12.CSc1ncc(-c2cnc3[nH]cc(/C=C/C(C)=O)c3c2)cn1. The van der Waals surface area contributed by atoms with Crippen LogP contribution in [-0.4, -0.2) is 229 Å². The van der Waals surface area contributed by atoms with Crippen molar-refractivity contribution in [3.05, 3.63) is 265 Å². The first kappa shape index (κ1) is 105. The number of hydrogen-bond donors (Lipinski definition) is 6. The number of fused-ring (bicyclic) bond motifs is 6. The fourth-order valence-electron chi connectivity index (χ4n) is 16.8. The third-order valence-electron chi connectivity index (χ3n) is 25.1. The molecule has 4 aliphatic rings. The summed E-state index contributed by atoms with van der Waals surface area (Å²) in [5, 5.41) is 6.50. The first-order valence-corrected chi connectivity index (χ1v) is 49.6. The van der Waals surface area contributed by atoms with Crippen molar-refractivity contribution in [1.82, 2.24) is 99.5 Å². The number of ketones is 8. The molecular weight excluding hydrogens is 1900 g/mol. The van der Waals surface area contributed by atoms with Gasteiger partial charge in [-0.25, -0.2) is 63.6 Å². The molecule has 33 nitrogen and oxygen atoms in total. The number of aromatic amines is 6. The molecule has 0 unspecified atom stereocenters. The van der Waals surface area contributed by atoms with Gasteiger partial charge in [-0.3, -0.25) is 52.9 Å². The van der Waals surface area contributed by atoms with E-state index in [9.17, 15) is 56.7 Å². The molecule has 20 heterocycles. The minimum atomic E-state index is -0.962. The van der Waals surface area contributed by atoms with E-state index < -0.39 is 17.5 Å². The number of nitrogens with zero attached hydrogens (tertiary/aromatic N) is 17. The fourth-order valence-corrected chi connectivity index (χ4v) is 17.1. The molecule has 0 saturated carbocycles. The maximum absolute atomic E-state index is 13.9. The topological polar surface area (TPSA) is 436 Å². The first-order valence-electron chi connectivity index (χ1n) is 48.4. The lowest BCUT2D eigenvalue weighted by Crippen LogP contribution is -2.49. The largest absolute Gasteiger partial charge is 0.370 e. The summed E-state index contributed by atoms with van der Waals surface area (Å²) in [5.74, 6) is -0.661. The van der Waals surface area contributed by atoms with Crippen molar-refractivity contribution in [3.8, 4) is 33.4 Å². The Balaban J connectivity index is 0.000000134. The molecule has 0 atom stereocenters. The lowest BCUT2D eigenvalue weighted by molar-refractivity contribution is -0.127. The van der Waals surface area contributed by atoms with Crippen LogP contribution < -0.4 is 14.7 Å². The van der Waals surface area contributed by atoms with Crippen molar-refractivity contribution >= 4 is 190 Å². The zero-order valence-electron chi connectivity index (χ0n) is 84.1. The molecule has 6 N–H and O–H groups in total. The number of amides is 2.